The number of esters is 1. The number of methoxy groups -OCH3 is 2. The predicted molar refractivity (Wildman–Crippen MR) is 67.2 cm³/mol. The van der Waals surface area contributed by atoms with Gasteiger partial charge in [-0.25, -0.2) is 9.78 Å². The molecule has 1 heterocycles. The van der Waals surface area contributed by atoms with Crippen LogP contribution in [0.2, 0.25) is 0 Å². The zero-order valence-corrected chi connectivity index (χ0v) is 10.7. The van der Waals surface area contributed by atoms with Crippen molar-refractivity contribution < 1.29 is 19.2 Å². The van der Waals surface area contributed by atoms with Crippen molar-refractivity contribution in [2.45, 2.75) is 6.42 Å². The third-order valence-electron chi connectivity index (χ3n) is 2.30. The molecule has 0 atom stereocenters. The summed E-state index contributed by atoms with van der Waals surface area (Å²) in [6.07, 6.45) is 1.92. The van der Waals surface area contributed by atoms with Crippen molar-refractivity contribution in [1.82, 2.24) is 4.98 Å². The van der Waals surface area contributed by atoms with Gasteiger partial charge in [0, 0.05) is 32.5 Å². The first-order chi connectivity index (χ1) is 9.10. The number of rotatable bonds is 7. The van der Waals surface area contributed by atoms with Crippen molar-refractivity contribution in [1.29, 1.82) is 0 Å². The van der Waals surface area contributed by atoms with Crippen molar-refractivity contribution in [3.8, 4) is 0 Å². The zero-order valence-electron chi connectivity index (χ0n) is 10.7. The van der Waals surface area contributed by atoms with E-state index in [2.05, 4.69) is 15.0 Å². The van der Waals surface area contributed by atoms with Crippen LogP contribution in [0.1, 0.15) is 16.8 Å². The van der Waals surface area contributed by atoms with Gasteiger partial charge in [0.05, 0.1) is 17.6 Å². The molecule has 0 aliphatic rings. The number of ether oxygens (including phenoxy) is 2. The second-order valence-electron chi connectivity index (χ2n) is 3.61. The Morgan fingerprint density at radius 2 is 2.26 bits per heavy atom. The molecule has 0 unspecified atom stereocenters. The largest absolute Gasteiger partial charge is 0.465 e. The number of aromatic nitrogens is 1. The van der Waals surface area contributed by atoms with Crippen LogP contribution in [0.3, 0.4) is 0 Å². The Balaban J connectivity index is 2.86. The monoisotopic (exact) mass is 269 g/mol. The van der Waals surface area contributed by atoms with Crippen molar-refractivity contribution in [2.75, 3.05) is 32.7 Å². The minimum Gasteiger partial charge on any atom is -0.465 e. The fourth-order valence-electron chi connectivity index (χ4n) is 1.38. The minimum atomic E-state index is -0.665. The topological polar surface area (TPSA) is 104 Å². The Morgan fingerprint density at radius 3 is 2.84 bits per heavy atom. The molecule has 1 N–H and O–H groups in total. The number of nitrogens with zero attached hydrogens (tertiary/aromatic N) is 2. The van der Waals surface area contributed by atoms with Gasteiger partial charge in [-0.2, -0.15) is 0 Å². The van der Waals surface area contributed by atoms with Gasteiger partial charge in [0.15, 0.2) is 0 Å². The summed E-state index contributed by atoms with van der Waals surface area (Å²) in [6.45, 7) is 1.03. The first kappa shape index (κ1) is 14.8. The van der Waals surface area contributed by atoms with Crippen molar-refractivity contribution in [3.05, 3.63) is 27.9 Å². The number of nitro groups is 1. The van der Waals surface area contributed by atoms with Crippen LogP contribution in [0.25, 0.3) is 0 Å². The van der Waals surface area contributed by atoms with E-state index >= 15 is 0 Å². The molecule has 0 aliphatic carbocycles. The van der Waals surface area contributed by atoms with Gasteiger partial charge in [0.1, 0.15) is 0 Å². The molecule has 0 saturated carbocycles. The lowest BCUT2D eigenvalue weighted by atomic mass is 10.2. The summed E-state index contributed by atoms with van der Waals surface area (Å²) in [4.78, 5) is 25.5. The van der Waals surface area contributed by atoms with Crippen molar-refractivity contribution in [2.24, 2.45) is 0 Å². The average molecular weight is 269 g/mol. The quantitative estimate of drug-likeness (QED) is 0.343. The average Bonchev–Trinajstić information content (AvgIpc) is 2.42. The van der Waals surface area contributed by atoms with E-state index in [1.54, 1.807) is 7.11 Å². The van der Waals surface area contributed by atoms with Crippen LogP contribution in [0.5, 0.6) is 0 Å². The molecule has 0 amide bonds. The summed E-state index contributed by atoms with van der Waals surface area (Å²) in [5, 5.41) is 13.8. The molecule has 0 aromatic carbocycles. The van der Waals surface area contributed by atoms with Gasteiger partial charge in [-0.1, -0.05) is 0 Å². The van der Waals surface area contributed by atoms with Gasteiger partial charge < -0.3 is 14.8 Å². The molecular formula is C11H15N3O5. The van der Waals surface area contributed by atoms with Gasteiger partial charge in [0.2, 0.25) is 5.82 Å². The molecule has 1 aromatic heterocycles. The Hall–Kier alpha value is -2.22. The number of carbonyl (C=O) groups is 1. The van der Waals surface area contributed by atoms with E-state index in [1.165, 1.54) is 13.3 Å². The smallest absolute Gasteiger partial charge is 0.339 e. The first-order valence-corrected chi connectivity index (χ1v) is 5.55. The van der Waals surface area contributed by atoms with Crippen LogP contribution in [0.4, 0.5) is 11.5 Å². The maximum absolute atomic E-state index is 11.3. The van der Waals surface area contributed by atoms with Crippen molar-refractivity contribution in [3.63, 3.8) is 0 Å². The molecule has 0 spiro atoms. The zero-order chi connectivity index (χ0) is 14.3. The van der Waals surface area contributed by atoms with E-state index in [9.17, 15) is 14.9 Å². The van der Waals surface area contributed by atoms with Crippen LogP contribution in [0.15, 0.2) is 12.3 Å². The van der Waals surface area contributed by atoms with Crippen LogP contribution >= 0.6 is 0 Å². The highest BCUT2D eigenvalue weighted by molar-refractivity contribution is 5.90. The molecule has 19 heavy (non-hydrogen) atoms. The molecule has 1 aromatic rings. The van der Waals surface area contributed by atoms with Crippen LogP contribution in [0, 0.1) is 10.1 Å². The second-order valence-corrected chi connectivity index (χ2v) is 3.61. The molecule has 0 saturated heterocycles. The lowest BCUT2D eigenvalue weighted by molar-refractivity contribution is -0.384. The maximum Gasteiger partial charge on any atom is 0.339 e. The fraction of sp³-hybridized carbons (Fsp3) is 0.455. The molecule has 0 radical (unpaired) electrons. The van der Waals surface area contributed by atoms with Gasteiger partial charge in [0.25, 0.3) is 0 Å². The fourth-order valence-corrected chi connectivity index (χ4v) is 1.38. The summed E-state index contributed by atoms with van der Waals surface area (Å²) in [7, 11) is 2.77. The highest BCUT2D eigenvalue weighted by Crippen LogP contribution is 2.22. The number of hydrogen-bond acceptors (Lipinski definition) is 7. The summed E-state index contributed by atoms with van der Waals surface area (Å²) < 4.78 is 9.35. The second kappa shape index (κ2) is 7.27. The number of hydrogen-bond donors (Lipinski definition) is 1. The van der Waals surface area contributed by atoms with Gasteiger partial charge in [-0.05, 0) is 6.42 Å². The van der Waals surface area contributed by atoms with Gasteiger partial charge in [-0.15, -0.1) is 0 Å². The Labute approximate surface area is 109 Å². The third kappa shape index (κ3) is 4.18. The number of pyridine rings is 1. The number of anilines is 1. The Kier molecular flexibility index (Phi) is 5.68. The van der Waals surface area contributed by atoms with Crippen molar-refractivity contribution >= 4 is 17.5 Å². The molecular weight excluding hydrogens is 254 g/mol. The Morgan fingerprint density at radius 1 is 1.53 bits per heavy atom. The van der Waals surface area contributed by atoms with Gasteiger partial charge >= 0.3 is 11.7 Å². The minimum absolute atomic E-state index is 0.0386. The van der Waals surface area contributed by atoms with E-state index in [-0.39, 0.29) is 17.1 Å². The number of carbonyl (C=O) groups excluding carboxylic acids is 1. The lowest BCUT2D eigenvalue weighted by Crippen LogP contribution is -2.10. The normalized spacial score (nSPS) is 10.0. The van der Waals surface area contributed by atoms with E-state index in [4.69, 9.17) is 4.74 Å². The molecule has 104 valence electrons. The summed E-state index contributed by atoms with van der Waals surface area (Å²) >= 11 is 0. The molecule has 8 heteroatoms. The third-order valence-corrected chi connectivity index (χ3v) is 2.30. The van der Waals surface area contributed by atoms with E-state index in [0.717, 1.165) is 6.07 Å². The summed E-state index contributed by atoms with van der Waals surface area (Å²) in [6, 6.07) is 1.14. The molecule has 0 bridgehead atoms. The highest BCUT2D eigenvalue weighted by Gasteiger charge is 2.19. The SMILES string of the molecule is COCCCNc1ncc(C(=O)OC)cc1[N+](=O)[O-]. The first-order valence-electron chi connectivity index (χ1n) is 5.55. The van der Waals surface area contributed by atoms with Crippen LogP contribution in [-0.4, -0.2) is 43.2 Å². The predicted octanol–water partition coefficient (Wildman–Crippen LogP) is 1.22. The van der Waals surface area contributed by atoms with Gasteiger partial charge in [-0.3, -0.25) is 10.1 Å². The molecule has 8 nitrogen and oxygen atoms in total. The number of nitrogens with one attached hydrogen (secondary N) is 1. The summed E-state index contributed by atoms with van der Waals surface area (Å²) in [5.74, 6) is -0.546. The molecule has 1 rings (SSSR count). The lowest BCUT2D eigenvalue weighted by Gasteiger charge is -2.06. The molecule has 0 fully saturated rings. The van der Waals surface area contributed by atoms with E-state index in [0.29, 0.717) is 19.6 Å². The highest BCUT2D eigenvalue weighted by atomic mass is 16.6. The van der Waals surface area contributed by atoms with Crippen LogP contribution in [-0.2, 0) is 9.47 Å². The summed E-state index contributed by atoms with van der Waals surface area (Å²) in [5.41, 5.74) is -0.225. The van der Waals surface area contributed by atoms with Crippen LogP contribution < -0.4 is 5.32 Å². The van der Waals surface area contributed by atoms with E-state index in [1.807, 2.05) is 0 Å². The van der Waals surface area contributed by atoms with E-state index < -0.39 is 10.9 Å². The molecule has 0 aliphatic heterocycles. The standard InChI is InChI=1S/C11H15N3O5/c1-18-5-3-4-12-10-9(14(16)17)6-8(7-13-10)11(15)19-2/h6-7H,3-5H2,1-2H3,(H,12,13). The maximum atomic E-state index is 11.3. The Bertz CT molecular complexity index is 464.